The average Bonchev–Trinajstić information content (AvgIpc) is 2.48. The number of aromatic nitrogens is 2. The fraction of sp³-hybridized carbons (Fsp3) is 0.455. The van der Waals surface area contributed by atoms with Crippen LogP contribution in [-0.2, 0) is 0 Å². The van der Waals surface area contributed by atoms with Crippen molar-refractivity contribution in [2.75, 3.05) is 32.7 Å². The maximum absolute atomic E-state index is 12.1. The van der Waals surface area contributed by atoms with Crippen molar-refractivity contribution >= 4 is 11.7 Å². The Morgan fingerprint density at radius 3 is 2.65 bits per heavy atom. The third-order valence-electron chi connectivity index (χ3n) is 3.07. The Labute approximate surface area is 114 Å². The molecule has 1 amide bonds. The van der Waals surface area contributed by atoms with Gasteiger partial charge in [0, 0.05) is 32.2 Å². The summed E-state index contributed by atoms with van der Waals surface area (Å²) in [4.78, 5) is 26.7. The van der Waals surface area contributed by atoms with Gasteiger partial charge in [0.1, 0.15) is 5.69 Å². The van der Waals surface area contributed by atoms with Crippen LogP contribution in [0.3, 0.4) is 0 Å². The van der Waals surface area contributed by atoms with Crippen LogP contribution in [0.4, 0.5) is 0 Å². The molecule has 0 unspecified atom stereocenters. The second-order valence-corrected chi connectivity index (χ2v) is 4.47. The average molecular weight is 280 g/mol. The predicted octanol–water partition coefficient (Wildman–Crippen LogP) is -1.73. The van der Waals surface area contributed by atoms with E-state index in [2.05, 4.69) is 15.4 Å². The molecule has 0 atom stereocenters. The summed E-state index contributed by atoms with van der Waals surface area (Å²) in [5.41, 5.74) is 5.31. The summed E-state index contributed by atoms with van der Waals surface area (Å²) in [7, 11) is 0. The van der Waals surface area contributed by atoms with E-state index in [4.69, 9.17) is 10.9 Å². The van der Waals surface area contributed by atoms with E-state index in [1.807, 2.05) is 4.90 Å². The molecule has 1 aromatic rings. The normalized spacial score (nSPS) is 17.2. The van der Waals surface area contributed by atoms with Gasteiger partial charge in [0.05, 0.1) is 6.54 Å². The van der Waals surface area contributed by atoms with Crippen molar-refractivity contribution in [2.45, 2.75) is 0 Å². The van der Waals surface area contributed by atoms with Crippen molar-refractivity contribution in [2.24, 2.45) is 10.9 Å². The number of H-pyrrole nitrogens is 1. The van der Waals surface area contributed by atoms with Crippen LogP contribution in [0.15, 0.2) is 22.1 Å². The largest absolute Gasteiger partial charge is 0.409 e. The maximum atomic E-state index is 12.1. The molecular formula is C11H16N6O3. The number of piperazine rings is 1. The molecule has 1 aliphatic heterocycles. The molecule has 9 nitrogen and oxygen atoms in total. The number of hydrogen-bond acceptors (Lipinski definition) is 6. The summed E-state index contributed by atoms with van der Waals surface area (Å²) in [6, 6.07) is 2.68. The number of carbonyl (C=O) groups is 1. The number of oxime groups is 1. The highest BCUT2D eigenvalue weighted by molar-refractivity contribution is 5.92. The topological polar surface area (TPSA) is 128 Å². The quantitative estimate of drug-likeness (QED) is 0.261. The van der Waals surface area contributed by atoms with E-state index in [1.165, 1.54) is 12.1 Å². The molecule has 1 aromatic heterocycles. The highest BCUT2D eigenvalue weighted by Crippen LogP contribution is 2.05. The summed E-state index contributed by atoms with van der Waals surface area (Å²) < 4.78 is 0. The van der Waals surface area contributed by atoms with E-state index >= 15 is 0 Å². The van der Waals surface area contributed by atoms with E-state index in [1.54, 1.807) is 4.90 Å². The fourth-order valence-electron chi connectivity index (χ4n) is 2.00. The van der Waals surface area contributed by atoms with Crippen molar-refractivity contribution in [3.63, 3.8) is 0 Å². The molecule has 0 aromatic carbocycles. The van der Waals surface area contributed by atoms with Crippen molar-refractivity contribution in [1.82, 2.24) is 20.0 Å². The first-order valence-electron chi connectivity index (χ1n) is 6.14. The van der Waals surface area contributed by atoms with Crippen molar-refractivity contribution in [1.29, 1.82) is 0 Å². The zero-order valence-electron chi connectivity index (χ0n) is 10.8. The Bertz CT molecular complexity index is 541. The Morgan fingerprint density at radius 1 is 1.40 bits per heavy atom. The lowest BCUT2D eigenvalue weighted by atomic mass is 10.2. The fourth-order valence-corrected chi connectivity index (χ4v) is 2.00. The van der Waals surface area contributed by atoms with Gasteiger partial charge in [-0.25, -0.2) is 5.10 Å². The first-order valence-corrected chi connectivity index (χ1v) is 6.14. The van der Waals surface area contributed by atoms with Gasteiger partial charge >= 0.3 is 0 Å². The summed E-state index contributed by atoms with van der Waals surface area (Å²) in [6.45, 7) is 2.68. The van der Waals surface area contributed by atoms with E-state index in [-0.39, 0.29) is 23.0 Å². The van der Waals surface area contributed by atoms with Gasteiger partial charge in [-0.3, -0.25) is 14.5 Å². The van der Waals surface area contributed by atoms with E-state index in [9.17, 15) is 9.59 Å². The monoisotopic (exact) mass is 280 g/mol. The maximum Gasteiger partial charge on any atom is 0.274 e. The highest BCUT2D eigenvalue weighted by atomic mass is 16.4. The van der Waals surface area contributed by atoms with Gasteiger partial charge in [-0.2, -0.15) is 5.10 Å². The molecule has 0 radical (unpaired) electrons. The Morgan fingerprint density at radius 2 is 2.10 bits per heavy atom. The molecule has 1 fully saturated rings. The minimum Gasteiger partial charge on any atom is -0.409 e. The van der Waals surface area contributed by atoms with Crippen LogP contribution in [0.25, 0.3) is 0 Å². The van der Waals surface area contributed by atoms with Gasteiger partial charge in [-0.1, -0.05) is 5.16 Å². The van der Waals surface area contributed by atoms with Crippen molar-refractivity contribution in [3.8, 4) is 0 Å². The molecule has 20 heavy (non-hydrogen) atoms. The number of carbonyl (C=O) groups excluding carboxylic acids is 1. The van der Waals surface area contributed by atoms with Crippen LogP contribution in [0, 0.1) is 0 Å². The molecular weight excluding hydrogens is 264 g/mol. The third-order valence-corrected chi connectivity index (χ3v) is 3.07. The minimum absolute atomic E-state index is 0.145. The molecule has 0 saturated carbocycles. The Hall–Kier alpha value is -2.42. The van der Waals surface area contributed by atoms with Crippen molar-refractivity contribution < 1.29 is 10.0 Å². The Balaban J connectivity index is 1.92. The first kappa shape index (κ1) is 14.0. The molecule has 108 valence electrons. The molecule has 0 aliphatic carbocycles. The Kier molecular flexibility index (Phi) is 4.31. The van der Waals surface area contributed by atoms with Gasteiger partial charge in [-0.05, 0) is 6.07 Å². The molecule has 1 aliphatic rings. The number of nitrogens with one attached hydrogen (secondary N) is 1. The smallest absolute Gasteiger partial charge is 0.274 e. The first-order chi connectivity index (χ1) is 9.60. The van der Waals surface area contributed by atoms with Gasteiger partial charge < -0.3 is 15.8 Å². The van der Waals surface area contributed by atoms with Crippen LogP contribution in [0.5, 0.6) is 0 Å². The third kappa shape index (κ3) is 3.32. The predicted molar refractivity (Wildman–Crippen MR) is 70.6 cm³/mol. The molecule has 1 saturated heterocycles. The summed E-state index contributed by atoms with van der Waals surface area (Å²) in [5.74, 6) is -0.0724. The number of amides is 1. The van der Waals surface area contributed by atoms with Gasteiger partial charge in [-0.15, -0.1) is 0 Å². The zero-order chi connectivity index (χ0) is 14.5. The van der Waals surface area contributed by atoms with Crippen molar-refractivity contribution in [3.05, 3.63) is 28.2 Å². The highest BCUT2D eigenvalue weighted by Gasteiger charge is 2.23. The lowest BCUT2D eigenvalue weighted by molar-refractivity contribution is 0.0646. The summed E-state index contributed by atoms with van der Waals surface area (Å²) in [5, 5.41) is 17.4. The van der Waals surface area contributed by atoms with E-state index < -0.39 is 0 Å². The second kappa shape index (κ2) is 6.15. The van der Waals surface area contributed by atoms with Crippen LogP contribution in [0.1, 0.15) is 10.5 Å². The van der Waals surface area contributed by atoms with Crippen LogP contribution in [-0.4, -0.2) is 69.7 Å². The van der Waals surface area contributed by atoms with E-state index in [0.717, 1.165) is 0 Å². The molecule has 2 heterocycles. The van der Waals surface area contributed by atoms with Crippen LogP contribution >= 0.6 is 0 Å². The molecule has 9 heteroatoms. The number of rotatable bonds is 3. The summed E-state index contributed by atoms with van der Waals surface area (Å²) >= 11 is 0. The molecule has 0 bridgehead atoms. The lowest BCUT2D eigenvalue weighted by Gasteiger charge is -2.34. The SMILES string of the molecule is N/C(CN1CCN(C(=O)c2ccc(=O)[nH]n2)CC1)=N/O. The molecule has 2 rings (SSSR count). The van der Waals surface area contributed by atoms with E-state index in [0.29, 0.717) is 32.7 Å². The number of nitrogens with two attached hydrogens (primary N) is 1. The number of aromatic amines is 1. The van der Waals surface area contributed by atoms with Gasteiger partial charge in [0.25, 0.3) is 11.5 Å². The minimum atomic E-state index is -0.342. The number of nitrogens with zero attached hydrogens (tertiary/aromatic N) is 4. The summed E-state index contributed by atoms with van der Waals surface area (Å²) in [6.07, 6.45) is 0. The molecule has 4 N–H and O–H groups in total. The molecule has 0 spiro atoms. The number of amidine groups is 1. The van der Waals surface area contributed by atoms with Crippen LogP contribution in [0.2, 0.25) is 0 Å². The van der Waals surface area contributed by atoms with Gasteiger partial charge in [0.2, 0.25) is 0 Å². The zero-order valence-corrected chi connectivity index (χ0v) is 10.8. The lowest BCUT2D eigenvalue weighted by Crippen LogP contribution is -2.50. The second-order valence-electron chi connectivity index (χ2n) is 4.47. The van der Waals surface area contributed by atoms with Gasteiger partial charge in [0.15, 0.2) is 5.84 Å². The standard InChI is InChI=1S/C11H16N6O3/c12-9(15-20)7-16-3-5-17(6-4-16)11(19)8-1-2-10(18)14-13-8/h1-2,20H,3-7H2,(H2,12,15)(H,14,18). The number of hydrogen-bond donors (Lipinski definition) is 3. The van der Waals surface area contributed by atoms with Crippen LogP contribution < -0.4 is 11.3 Å².